The summed E-state index contributed by atoms with van der Waals surface area (Å²) in [5.41, 5.74) is 1.32. The Labute approximate surface area is 120 Å². The van der Waals surface area contributed by atoms with Crippen LogP contribution in [0.2, 0.25) is 0 Å². The highest BCUT2D eigenvalue weighted by Gasteiger charge is 2.30. The largest absolute Gasteiger partial charge is 0.465 e. The van der Waals surface area contributed by atoms with E-state index < -0.39 is 0 Å². The van der Waals surface area contributed by atoms with Crippen LogP contribution < -0.4 is 0 Å². The fourth-order valence-corrected chi connectivity index (χ4v) is 3.01. The highest BCUT2D eigenvalue weighted by atomic mass is 16.5. The summed E-state index contributed by atoms with van der Waals surface area (Å²) in [6, 6.07) is -0.0789. The summed E-state index contributed by atoms with van der Waals surface area (Å²) in [5, 5.41) is 4.24. The molecule has 0 amide bonds. The van der Waals surface area contributed by atoms with Crippen LogP contribution in [0.3, 0.4) is 0 Å². The predicted octanol–water partition coefficient (Wildman–Crippen LogP) is 1.94. The van der Waals surface area contributed by atoms with Gasteiger partial charge in [-0.05, 0) is 50.8 Å². The molecule has 0 radical (unpaired) electrons. The Bertz CT molecular complexity index is 436. The first kappa shape index (κ1) is 15.0. The lowest BCUT2D eigenvalue weighted by Crippen LogP contribution is -2.45. The number of carbonyl (C=O) groups excluding carboxylic acids is 1. The molecule has 20 heavy (non-hydrogen) atoms. The fraction of sp³-hybridized carbons (Fsp3) is 0.733. The average Bonchev–Trinajstić information content (AvgIpc) is 2.87. The molecule has 1 aliphatic rings. The van der Waals surface area contributed by atoms with Gasteiger partial charge >= 0.3 is 5.97 Å². The second kappa shape index (κ2) is 6.88. The first-order valence-corrected chi connectivity index (χ1v) is 7.54. The third-order valence-corrected chi connectivity index (χ3v) is 4.11. The number of likely N-dealkylation sites (tertiary alicyclic amines) is 1. The van der Waals surface area contributed by atoms with Crippen LogP contribution in [-0.2, 0) is 16.6 Å². The number of ether oxygens (including phenoxy) is 1. The van der Waals surface area contributed by atoms with Gasteiger partial charge in [0, 0.05) is 13.2 Å². The molecule has 0 aliphatic carbocycles. The molecule has 2 heterocycles. The van der Waals surface area contributed by atoms with Crippen molar-refractivity contribution in [1.29, 1.82) is 0 Å². The van der Waals surface area contributed by atoms with Crippen LogP contribution in [0.5, 0.6) is 0 Å². The topological polar surface area (TPSA) is 47.4 Å². The van der Waals surface area contributed by atoms with Gasteiger partial charge in [0.15, 0.2) is 0 Å². The number of aryl methyl sites for hydroxylation is 1. The molecule has 0 N–H and O–H groups in total. The Hall–Kier alpha value is -1.36. The number of aromatic nitrogens is 2. The highest BCUT2D eigenvalue weighted by Crippen LogP contribution is 2.29. The van der Waals surface area contributed by atoms with Crippen molar-refractivity contribution in [3.63, 3.8) is 0 Å². The molecular weight excluding hydrogens is 254 g/mol. The quantitative estimate of drug-likeness (QED) is 0.773. The van der Waals surface area contributed by atoms with E-state index in [1.165, 1.54) is 5.56 Å². The second-order valence-electron chi connectivity index (χ2n) is 5.43. The molecule has 0 aromatic carbocycles. The summed E-state index contributed by atoms with van der Waals surface area (Å²) >= 11 is 0. The van der Waals surface area contributed by atoms with Crippen molar-refractivity contribution in [2.24, 2.45) is 7.05 Å². The van der Waals surface area contributed by atoms with Gasteiger partial charge in [-0.25, -0.2) is 0 Å². The molecular formula is C15H25N3O2. The van der Waals surface area contributed by atoms with E-state index in [1.807, 2.05) is 24.9 Å². The first-order valence-electron chi connectivity index (χ1n) is 7.54. The minimum atomic E-state index is -0.0789. The van der Waals surface area contributed by atoms with Crippen molar-refractivity contribution >= 4 is 5.97 Å². The molecule has 1 saturated heterocycles. The molecule has 0 saturated carbocycles. The van der Waals surface area contributed by atoms with Crippen molar-refractivity contribution in [3.8, 4) is 0 Å². The Balaban J connectivity index is 1.91. The summed E-state index contributed by atoms with van der Waals surface area (Å²) < 4.78 is 7.03. The van der Waals surface area contributed by atoms with Crippen LogP contribution in [0, 0.1) is 0 Å². The van der Waals surface area contributed by atoms with Gasteiger partial charge in [0.05, 0.1) is 12.8 Å². The Kier molecular flexibility index (Phi) is 5.17. The van der Waals surface area contributed by atoms with Crippen LogP contribution in [0.25, 0.3) is 0 Å². The second-order valence-corrected chi connectivity index (χ2v) is 5.43. The molecule has 1 fully saturated rings. The van der Waals surface area contributed by atoms with E-state index in [0.717, 1.165) is 32.4 Å². The molecule has 1 aromatic heterocycles. The lowest BCUT2D eigenvalue weighted by Gasteiger charge is -2.35. The van der Waals surface area contributed by atoms with Gasteiger partial charge in [0.1, 0.15) is 6.04 Å². The molecule has 0 unspecified atom stereocenters. The maximum atomic E-state index is 12.0. The first-order chi connectivity index (χ1) is 9.65. The zero-order valence-corrected chi connectivity index (χ0v) is 12.7. The maximum absolute atomic E-state index is 12.0. The van der Waals surface area contributed by atoms with Gasteiger partial charge in [0.2, 0.25) is 0 Å². The number of nitrogens with zero attached hydrogens (tertiary/aromatic N) is 3. The van der Waals surface area contributed by atoms with E-state index in [2.05, 4.69) is 23.1 Å². The van der Waals surface area contributed by atoms with Crippen LogP contribution in [0.15, 0.2) is 12.4 Å². The Morgan fingerprint density at radius 2 is 2.15 bits per heavy atom. The molecule has 112 valence electrons. The Morgan fingerprint density at radius 1 is 1.45 bits per heavy atom. The molecule has 5 nitrogen and oxygen atoms in total. The molecule has 5 heteroatoms. The van der Waals surface area contributed by atoms with Crippen molar-refractivity contribution in [3.05, 3.63) is 18.0 Å². The number of piperidine rings is 1. The lowest BCUT2D eigenvalue weighted by molar-refractivity contribution is -0.150. The number of rotatable bonds is 5. The van der Waals surface area contributed by atoms with Crippen molar-refractivity contribution in [1.82, 2.24) is 14.7 Å². The SMILES string of the molecule is CCOC(=O)[C@@H](CC)N1CCC(c2cnn(C)c2)CC1. The summed E-state index contributed by atoms with van der Waals surface area (Å²) in [4.78, 5) is 14.2. The van der Waals surface area contributed by atoms with Crippen LogP contribution in [0.4, 0.5) is 0 Å². The average molecular weight is 279 g/mol. The standard InChI is InChI=1S/C15H25N3O2/c1-4-14(15(19)20-5-2)18-8-6-12(7-9-18)13-10-16-17(3)11-13/h10-12,14H,4-9H2,1-3H3/t14-/m1/s1. The van der Waals surface area contributed by atoms with E-state index in [0.29, 0.717) is 12.5 Å². The summed E-state index contributed by atoms with van der Waals surface area (Å²) in [5.74, 6) is 0.495. The number of carbonyl (C=O) groups is 1. The van der Waals surface area contributed by atoms with Gasteiger partial charge in [0.25, 0.3) is 0 Å². The number of esters is 1. The number of hydrogen-bond donors (Lipinski definition) is 0. The van der Waals surface area contributed by atoms with Gasteiger partial charge in [-0.1, -0.05) is 6.92 Å². The van der Waals surface area contributed by atoms with E-state index in [1.54, 1.807) is 0 Å². The summed E-state index contributed by atoms with van der Waals surface area (Å²) in [7, 11) is 1.95. The van der Waals surface area contributed by atoms with E-state index in [9.17, 15) is 4.79 Å². The maximum Gasteiger partial charge on any atom is 0.323 e. The molecule has 1 aliphatic heterocycles. The smallest absolute Gasteiger partial charge is 0.323 e. The third-order valence-electron chi connectivity index (χ3n) is 4.11. The van der Waals surface area contributed by atoms with Crippen molar-refractivity contribution in [2.45, 2.75) is 45.1 Å². The molecule has 0 spiro atoms. The van der Waals surface area contributed by atoms with Gasteiger partial charge in [-0.3, -0.25) is 14.4 Å². The Morgan fingerprint density at radius 3 is 2.65 bits per heavy atom. The predicted molar refractivity (Wildman–Crippen MR) is 77.5 cm³/mol. The zero-order valence-electron chi connectivity index (χ0n) is 12.7. The fourth-order valence-electron chi connectivity index (χ4n) is 3.01. The van der Waals surface area contributed by atoms with E-state index >= 15 is 0 Å². The minimum absolute atomic E-state index is 0.0742. The van der Waals surface area contributed by atoms with Gasteiger partial charge < -0.3 is 4.74 Å². The molecule has 1 aromatic rings. The van der Waals surface area contributed by atoms with Crippen LogP contribution in [-0.4, -0.2) is 46.4 Å². The van der Waals surface area contributed by atoms with Crippen molar-refractivity contribution < 1.29 is 9.53 Å². The number of hydrogen-bond acceptors (Lipinski definition) is 4. The molecule has 1 atom stereocenters. The van der Waals surface area contributed by atoms with Crippen LogP contribution in [0.1, 0.15) is 44.6 Å². The van der Waals surface area contributed by atoms with Gasteiger partial charge in [-0.2, -0.15) is 5.10 Å². The lowest BCUT2D eigenvalue weighted by atomic mass is 9.90. The minimum Gasteiger partial charge on any atom is -0.465 e. The van der Waals surface area contributed by atoms with Gasteiger partial charge in [-0.15, -0.1) is 0 Å². The zero-order chi connectivity index (χ0) is 14.5. The molecule has 2 rings (SSSR count). The molecule has 0 bridgehead atoms. The monoisotopic (exact) mass is 279 g/mol. The van der Waals surface area contributed by atoms with E-state index in [4.69, 9.17) is 4.74 Å². The van der Waals surface area contributed by atoms with Crippen molar-refractivity contribution in [2.75, 3.05) is 19.7 Å². The van der Waals surface area contributed by atoms with E-state index in [-0.39, 0.29) is 12.0 Å². The van der Waals surface area contributed by atoms with Crippen LogP contribution >= 0.6 is 0 Å². The third kappa shape index (κ3) is 3.39. The normalized spacial score (nSPS) is 18.9. The summed E-state index contributed by atoms with van der Waals surface area (Å²) in [6.45, 7) is 6.28. The summed E-state index contributed by atoms with van der Waals surface area (Å²) in [6.07, 6.45) is 7.05. The highest BCUT2D eigenvalue weighted by molar-refractivity contribution is 5.75.